The number of nitrogen functional groups attached to an aromatic ring is 1. The molecule has 0 radical (unpaired) electrons. The second-order valence-electron chi connectivity index (χ2n) is 4.42. The first-order valence-corrected chi connectivity index (χ1v) is 6.47. The molecule has 3 N–H and O–H groups in total. The number of nitrogens with zero attached hydrogens (tertiary/aromatic N) is 3. The highest BCUT2D eigenvalue weighted by atomic mass is 16.5. The van der Waals surface area contributed by atoms with E-state index in [-0.39, 0.29) is 0 Å². The summed E-state index contributed by atoms with van der Waals surface area (Å²) in [5.74, 6) is 1.92. The predicted octanol–water partition coefficient (Wildman–Crippen LogP) is 2.39. The molecule has 0 fully saturated rings. The summed E-state index contributed by atoms with van der Waals surface area (Å²) in [6, 6.07) is 7.76. The molecule has 2 aromatic heterocycles. The minimum Gasteiger partial charge on any atom is -0.494 e. The number of rotatable bonds is 4. The number of ether oxygens (including phenoxy) is 1. The summed E-state index contributed by atoms with van der Waals surface area (Å²) in [4.78, 5) is 15.6. The van der Waals surface area contributed by atoms with Crippen LogP contribution in [0.4, 0.5) is 5.82 Å². The van der Waals surface area contributed by atoms with Crippen LogP contribution in [-0.4, -0.2) is 26.5 Å². The number of imidazole rings is 1. The molecule has 0 aliphatic heterocycles. The largest absolute Gasteiger partial charge is 0.494 e. The van der Waals surface area contributed by atoms with Crippen molar-refractivity contribution in [3.8, 4) is 17.1 Å². The zero-order valence-corrected chi connectivity index (χ0v) is 11.1. The highest BCUT2D eigenvalue weighted by molar-refractivity contribution is 5.84. The maximum atomic E-state index is 5.80. The van der Waals surface area contributed by atoms with E-state index in [0.717, 1.165) is 17.7 Å². The maximum absolute atomic E-state index is 5.80. The molecule has 3 rings (SSSR count). The van der Waals surface area contributed by atoms with Crippen LogP contribution in [-0.2, 0) is 0 Å². The van der Waals surface area contributed by atoms with E-state index in [2.05, 4.69) is 26.9 Å². The fourth-order valence-electron chi connectivity index (χ4n) is 1.94. The summed E-state index contributed by atoms with van der Waals surface area (Å²) in [5, 5.41) is 0. The number of H-pyrrole nitrogens is 1. The first-order chi connectivity index (χ1) is 9.78. The minimum absolute atomic E-state index is 0.395. The average molecular weight is 269 g/mol. The van der Waals surface area contributed by atoms with E-state index in [0.29, 0.717) is 29.4 Å². The molecule has 0 unspecified atom stereocenters. The Bertz CT molecular complexity index is 737. The van der Waals surface area contributed by atoms with Crippen molar-refractivity contribution in [3.63, 3.8) is 0 Å². The Kier molecular flexibility index (Phi) is 3.20. The van der Waals surface area contributed by atoms with Gasteiger partial charge in [-0.1, -0.05) is 19.1 Å². The number of nitrogens with two attached hydrogens (primary N) is 1. The Morgan fingerprint density at radius 2 is 2.20 bits per heavy atom. The van der Waals surface area contributed by atoms with E-state index in [1.165, 1.54) is 6.33 Å². The van der Waals surface area contributed by atoms with Crippen LogP contribution >= 0.6 is 0 Å². The van der Waals surface area contributed by atoms with Crippen LogP contribution in [0.25, 0.3) is 22.6 Å². The Labute approximate surface area is 116 Å². The SMILES string of the molecule is CCCOc1cccc(-c2nc3ncnc(N)c3[nH]2)c1. The van der Waals surface area contributed by atoms with E-state index in [1.807, 2.05) is 24.3 Å². The number of hydrogen-bond donors (Lipinski definition) is 2. The number of fused-ring (bicyclic) bond motifs is 1. The van der Waals surface area contributed by atoms with Crippen molar-refractivity contribution < 1.29 is 4.74 Å². The molecule has 20 heavy (non-hydrogen) atoms. The van der Waals surface area contributed by atoms with Gasteiger partial charge in [0.2, 0.25) is 0 Å². The maximum Gasteiger partial charge on any atom is 0.183 e. The summed E-state index contributed by atoms with van der Waals surface area (Å²) in [5.41, 5.74) is 7.94. The van der Waals surface area contributed by atoms with E-state index in [4.69, 9.17) is 10.5 Å². The van der Waals surface area contributed by atoms with Gasteiger partial charge in [-0.05, 0) is 18.6 Å². The van der Waals surface area contributed by atoms with Gasteiger partial charge in [0.15, 0.2) is 11.5 Å². The quantitative estimate of drug-likeness (QED) is 0.759. The van der Waals surface area contributed by atoms with E-state index in [1.54, 1.807) is 0 Å². The monoisotopic (exact) mass is 269 g/mol. The van der Waals surface area contributed by atoms with Crippen molar-refractivity contribution in [1.29, 1.82) is 0 Å². The molecule has 3 aromatic rings. The fraction of sp³-hybridized carbons (Fsp3) is 0.214. The molecular formula is C14H15N5O. The molecule has 0 saturated carbocycles. The number of aromatic amines is 1. The molecule has 0 aliphatic rings. The summed E-state index contributed by atoms with van der Waals surface area (Å²) >= 11 is 0. The molecular weight excluding hydrogens is 254 g/mol. The molecule has 0 atom stereocenters. The van der Waals surface area contributed by atoms with Crippen molar-refractivity contribution in [2.24, 2.45) is 0 Å². The van der Waals surface area contributed by atoms with Gasteiger partial charge in [-0.25, -0.2) is 15.0 Å². The molecule has 0 bridgehead atoms. The minimum atomic E-state index is 0.395. The lowest BCUT2D eigenvalue weighted by Crippen LogP contribution is -1.94. The van der Waals surface area contributed by atoms with Gasteiger partial charge in [-0.3, -0.25) is 0 Å². The Morgan fingerprint density at radius 1 is 1.30 bits per heavy atom. The third-order valence-corrected chi connectivity index (χ3v) is 2.90. The van der Waals surface area contributed by atoms with Crippen molar-refractivity contribution in [1.82, 2.24) is 19.9 Å². The van der Waals surface area contributed by atoms with Crippen LogP contribution in [0.2, 0.25) is 0 Å². The van der Waals surface area contributed by atoms with Crippen LogP contribution < -0.4 is 10.5 Å². The molecule has 0 saturated heterocycles. The van der Waals surface area contributed by atoms with Crippen molar-refractivity contribution >= 4 is 17.0 Å². The zero-order valence-electron chi connectivity index (χ0n) is 11.1. The number of benzene rings is 1. The normalized spacial score (nSPS) is 10.8. The third-order valence-electron chi connectivity index (χ3n) is 2.90. The number of anilines is 1. The fourth-order valence-corrected chi connectivity index (χ4v) is 1.94. The van der Waals surface area contributed by atoms with Crippen LogP contribution in [0.15, 0.2) is 30.6 Å². The van der Waals surface area contributed by atoms with Crippen molar-refractivity contribution in [2.45, 2.75) is 13.3 Å². The van der Waals surface area contributed by atoms with Crippen LogP contribution in [0, 0.1) is 0 Å². The number of aromatic nitrogens is 4. The van der Waals surface area contributed by atoms with Crippen LogP contribution in [0.1, 0.15) is 13.3 Å². The number of nitrogens with one attached hydrogen (secondary N) is 1. The molecule has 102 valence electrons. The highest BCUT2D eigenvalue weighted by Crippen LogP contribution is 2.24. The van der Waals surface area contributed by atoms with Gasteiger partial charge in [0.1, 0.15) is 23.4 Å². The van der Waals surface area contributed by atoms with Gasteiger partial charge < -0.3 is 15.5 Å². The van der Waals surface area contributed by atoms with Gasteiger partial charge in [-0.2, -0.15) is 0 Å². The van der Waals surface area contributed by atoms with Crippen molar-refractivity contribution in [2.75, 3.05) is 12.3 Å². The Balaban J connectivity index is 2.00. The summed E-state index contributed by atoms with van der Waals surface area (Å²) < 4.78 is 5.62. The standard InChI is InChI=1S/C14H15N5O/c1-2-6-20-10-5-3-4-9(7-10)13-18-11-12(15)16-8-17-14(11)19-13/h3-5,7-8H,2,6H2,1H3,(H3,15,16,17,18,19). The van der Waals surface area contributed by atoms with Gasteiger partial charge in [-0.15, -0.1) is 0 Å². The zero-order chi connectivity index (χ0) is 13.9. The van der Waals surface area contributed by atoms with Gasteiger partial charge >= 0.3 is 0 Å². The summed E-state index contributed by atoms with van der Waals surface area (Å²) in [7, 11) is 0. The highest BCUT2D eigenvalue weighted by Gasteiger charge is 2.09. The molecule has 0 amide bonds. The molecule has 6 nitrogen and oxygen atoms in total. The lowest BCUT2D eigenvalue weighted by molar-refractivity contribution is 0.317. The smallest absolute Gasteiger partial charge is 0.183 e. The predicted molar refractivity (Wildman–Crippen MR) is 77.3 cm³/mol. The topological polar surface area (TPSA) is 89.7 Å². The Hall–Kier alpha value is -2.63. The lowest BCUT2D eigenvalue weighted by atomic mass is 10.2. The van der Waals surface area contributed by atoms with Crippen molar-refractivity contribution in [3.05, 3.63) is 30.6 Å². The average Bonchev–Trinajstić information content (AvgIpc) is 2.91. The van der Waals surface area contributed by atoms with E-state index in [9.17, 15) is 0 Å². The van der Waals surface area contributed by atoms with Gasteiger partial charge in [0.25, 0.3) is 0 Å². The van der Waals surface area contributed by atoms with E-state index >= 15 is 0 Å². The molecule has 0 aliphatic carbocycles. The third kappa shape index (κ3) is 2.27. The molecule has 0 spiro atoms. The first kappa shape index (κ1) is 12.4. The van der Waals surface area contributed by atoms with Gasteiger partial charge in [0.05, 0.1) is 6.61 Å². The first-order valence-electron chi connectivity index (χ1n) is 6.47. The summed E-state index contributed by atoms with van der Waals surface area (Å²) in [6.45, 7) is 2.77. The number of hydrogen-bond acceptors (Lipinski definition) is 5. The van der Waals surface area contributed by atoms with Crippen LogP contribution in [0.3, 0.4) is 0 Å². The van der Waals surface area contributed by atoms with E-state index < -0.39 is 0 Å². The second-order valence-corrected chi connectivity index (χ2v) is 4.42. The van der Waals surface area contributed by atoms with Gasteiger partial charge in [0, 0.05) is 5.56 Å². The Morgan fingerprint density at radius 3 is 3.00 bits per heavy atom. The second kappa shape index (κ2) is 5.16. The summed E-state index contributed by atoms with van der Waals surface area (Å²) in [6.07, 6.45) is 2.38. The lowest BCUT2D eigenvalue weighted by Gasteiger charge is -2.05. The molecule has 1 aromatic carbocycles. The van der Waals surface area contributed by atoms with Crippen LogP contribution in [0.5, 0.6) is 5.75 Å². The molecule has 2 heterocycles. The molecule has 6 heteroatoms.